The zero-order valence-corrected chi connectivity index (χ0v) is 16.8. The summed E-state index contributed by atoms with van der Waals surface area (Å²) in [5, 5.41) is 14.6. The molecule has 30 heavy (non-hydrogen) atoms. The number of rotatable bonds is 3. The second kappa shape index (κ2) is 7.12. The molecule has 0 bridgehead atoms. The first-order chi connectivity index (χ1) is 14.6. The van der Waals surface area contributed by atoms with Gasteiger partial charge in [0.15, 0.2) is 0 Å². The molecule has 1 N–H and O–H groups in total. The fourth-order valence-corrected chi connectivity index (χ4v) is 3.71. The maximum absolute atomic E-state index is 12.7. The Morgan fingerprint density at radius 2 is 1.50 bits per heavy atom. The lowest BCUT2D eigenvalue weighted by Crippen LogP contribution is -2.14. The predicted molar refractivity (Wildman–Crippen MR) is 120 cm³/mol. The zero-order valence-electron chi connectivity index (χ0n) is 16.8. The van der Waals surface area contributed by atoms with Crippen LogP contribution in [0.5, 0.6) is 0 Å². The molecule has 146 valence electrons. The summed E-state index contributed by atoms with van der Waals surface area (Å²) >= 11 is 0. The van der Waals surface area contributed by atoms with Crippen molar-refractivity contribution in [2.24, 2.45) is 0 Å². The number of nitrogens with one attached hydrogen (secondary N) is 1. The van der Waals surface area contributed by atoms with Crippen molar-refractivity contribution in [2.45, 2.75) is 13.8 Å². The largest absolute Gasteiger partial charge is 0.322 e. The molecule has 1 heterocycles. The monoisotopic (exact) mass is 392 g/mol. The highest BCUT2D eigenvalue weighted by Crippen LogP contribution is 2.25. The zero-order chi connectivity index (χ0) is 20.7. The minimum Gasteiger partial charge on any atom is -0.322 e. The number of nitrogens with zero attached hydrogens (tertiary/aromatic N) is 3. The van der Waals surface area contributed by atoms with Crippen LogP contribution in [0.2, 0.25) is 0 Å². The predicted octanol–water partition coefficient (Wildman–Crippen LogP) is 5.44. The van der Waals surface area contributed by atoms with Gasteiger partial charge >= 0.3 is 0 Å². The van der Waals surface area contributed by atoms with E-state index in [4.69, 9.17) is 0 Å². The summed E-state index contributed by atoms with van der Waals surface area (Å²) in [7, 11) is 0. The van der Waals surface area contributed by atoms with Gasteiger partial charge in [-0.1, -0.05) is 54.6 Å². The first kappa shape index (κ1) is 18.1. The number of fused-ring (bicyclic) bond motifs is 2. The van der Waals surface area contributed by atoms with Crippen LogP contribution >= 0.6 is 0 Å². The fourth-order valence-electron chi connectivity index (χ4n) is 3.71. The molecular weight excluding hydrogens is 372 g/mol. The number of benzene rings is 4. The second-order valence-electron chi connectivity index (χ2n) is 7.41. The number of aromatic nitrogens is 3. The molecule has 5 aromatic rings. The maximum atomic E-state index is 12.7. The van der Waals surface area contributed by atoms with Gasteiger partial charge in [0, 0.05) is 16.6 Å². The summed E-state index contributed by atoms with van der Waals surface area (Å²) in [5.74, 6) is -0.128. The van der Waals surface area contributed by atoms with Gasteiger partial charge in [0.25, 0.3) is 5.91 Å². The summed E-state index contributed by atoms with van der Waals surface area (Å²) in [6.07, 6.45) is 0. The fraction of sp³-hybridized carbons (Fsp3) is 0.0800. The molecule has 5 heteroatoms. The van der Waals surface area contributed by atoms with Crippen LogP contribution in [0.4, 0.5) is 5.69 Å². The topological polar surface area (TPSA) is 59.8 Å². The molecule has 0 atom stereocenters. The Balaban J connectivity index is 1.55. The van der Waals surface area contributed by atoms with Crippen molar-refractivity contribution in [1.82, 2.24) is 15.0 Å². The summed E-state index contributed by atoms with van der Waals surface area (Å²) in [6.45, 7) is 3.89. The number of anilines is 1. The molecule has 0 aliphatic carbocycles. The second-order valence-corrected chi connectivity index (χ2v) is 7.41. The molecule has 0 saturated carbocycles. The van der Waals surface area contributed by atoms with E-state index in [1.54, 1.807) is 4.80 Å². The highest BCUT2D eigenvalue weighted by atomic mass is 16.1. The molecule has 0 saturated heterocycles. The van der Waals surface area contributed by atoms with E-state index in [0.717, 1.165) is 44.3 Å². The van der Waals surface area contributed by atoms with Crippen LogP contribution in [0.1, 0.15) is 21.5 Å². The molecule has 0 fully saturated rings. The third-order valence-corrected chi connectivity index (χ3v) is 5.35. The standard InChI is InChI=1S/C25H20N4O/c1-16-8-3-5-11-19(16)25(30)26-21-15-23-22(14-17(21)2)27-29(28-23)24-13-7-10-18-9-4-6-12-20(18)24/h3-15H,1-2H3,(H,26,30). The van der Waals surface area contributed by atoms with Gasteiger partial charge in [0.05, 0.1) is 5.69 Å². The van der Waals surface area contributed by atoms with E-state index in [1.807, 2.05) is 74.5 Å². The van der Waals surface area contributed by atoms with Gasteiger partial charge in [-0.05, 0) is 54.6 Å². The normalized spacial score (nSPS) is 11.1. The van der Waals surface area contributed by atoms with E-state index in [1.165, 1.54) is 0 Å². The Labute approximate surface area is 174 Å². The Morgan fingerprint density at radius 1 is 0.800 bits per heavy atom. The number of hydrogen-bond acceptors (Lipinski definition) is 3. The van der Waals surface area contributed by atoms with Crippen molar-refractivity contribution in [3.63, 3.8) is 0 Å². The molecule has 0 aliphatic rings. The van der Waals surface area contributed by atoms with Gasteiger partial charge in [0.2, 0.25) is 0 Å². The summed E-state index contributed by atoms with van der Waals surface area (Å²) in [5.41, 5.74) is 5.72. The van der Waals surface area contributed by atoms with Crippen molar-refractivity contribution < 1.29 is 4.79 Å². The smallest absolute Gasteiger partial charge is 0.255 e. The average molecular weight is 392 g/mol. The Hall–Kier alpha value is -3.99. The maximum Gasteiger partial charge on any atom is 0.255 e. The van der Waals surface area contributed by atoms with Crippen LogP contribution in [-0.2, 0) is 0 Å². The van der Waals surface area contributed by atoms with E-state index < -0.39 is 0 Å². The minimum absolute atomic E-state index is 0.128. The van der Waals surface area contributed by atoms with Crippen LogP contribution in [0.3, 0.4) is 0 Å². The highest BCUT2D eigenvalue weighted by Gasteiger charge is 2.13. The lowest BCUT2D eigenvalue weighted by Gasteiger charge is -2.09. The van der Waals surface area contributed by atoms with E-state index >= 15 is 0 Å². The van der Waals surface area contributed by atoms with E-state index in [2.05, 4.69) is 33.7 Å². The lowest BCUT2D eigenvalue weighted by atomic mass is 10.1. The van der Waals surface area contributed by atoms with Crippen molar-refractivity contribution in [3.8, 4) is 5.69 Å². The average Bonchev–Trinajstić information content (AvgIpc) is 3.16. The van der Waals surface area contributed by atoms with Crippen LogP contribution in [0.25, 0.3) is 27.5 Å². The molecule has 0 aliphatic heterocycles. The van der Waals surface area contributed by atoms with Gasteiger partial charge in [-0.2, -0.15) is 0 Å². The number of carbonyl (C=O) groups is 1. The molecular formula is C25H20N4O. The van der Waals surface area contributed by atoms with Gasteiger partial charge in [-0.15, -0.1) is 15.0 Å². The van der Waals surface area contributed by atoms with E-state index in [9.17, 15) is 4.79 Å². The Bertz CT molecular complexity index is 1410. The van der Waals surface area contributed by atoms with Gasteiger partial charge in [-0.3, -0.25) is 4.79 Å². The van der Waals surface area contributed by atoms with Crippen LogP contribution in [0, 0.1) is 13.8 Å². The third-order valence-electron chi connectivity index (χ3n) is 5.35. The van der Waals surface area contributed by atoms with E-state index in [-0.39, 0.29) is 5.91 Å². The Morgan fingerprint density at radius 3 is 2.33 bits per heavy atom. The lowest BCUT2D eigenvalue weighted by molar-refractivity contribution is 0.102. The van der Waals surface area contributed by atoms with Crippen molar-refractivity contribution in [2.75, 3.05) is 5.32 Å². The summed E-state index contributed by atoms with van der Waals surface area (Å²) in [6, 6.07) is 25.7. The van der Waals surface area contributed by atoms with E-state index in [0.29, 0.717) is 5.56 Å². The minimum atomic E-state index is -0.128. The summed E-state index contributed by atoms with van der Waals surface area (Å²) in [4.78, 5) is 14.4. The third kappa shape index (κ3) is 3.10. The van der Waals surface area contributed by atoms with Crippen LogP contribution < -0.4 is 5.32 Å². The molecule has 0 spiro atoms. The van der Waals surface area contributed by atoms with Crippen LogP contribution in [0.15, 0.2) is 78.9 Å². The molecule has 5 nitrogen and oxygen atoms in total. The van der Waals surface area contributed by atoms with Crippen molar-refractivity contribution in [3.05, 3.63) is 95.6 Å². The van der Waals surface area contributed by atoms with Crippen molar-refractivity contribution in [1.29, 1.82) is 0 Å². The van der Waals surface area contributed by atoms with Gasteiger partial charge in [-0.25, -0.2) is 0 Å². The molecule has 1 amide bonds. The number of carbonyl (C=O) groups excluding carboxylic acids is 1. The number of aryl methyl sites for hydroxylation is 2. The first-order valence-electron chi connectivity index (χ1n) is 9.83. The SMILES string of the molecule is Cc1cc2nn(-c3cccc4ccccc34)nc2cc1NC(=O)c1ccccc1C. The number of amides is 1. The Kier molecular flexibility index (Phi) is 4.29. The first-order valence-corrected chi connectivity index (χ1v) is 9.83. The quantitative estimate of drug-likeness (QED) is 0.445. The molecule has 4 aromatic carbocycles. The molecule has 1 aromatic heterocycles. The molecule has 0 unspecified atom stereocenters. The summed E-state index contributed by atoms with van der Waals surface area (Å²) < 4.78 is 0. The molecule has 0 radical (unpaired) electrons. The van der Waals surface area contributed by atoms with Crippen molar-refractivity contribution >= 4 is 33.4 Å². The highest BCUT2D eigenvalue weighted by molar-refractivity contribution is 6.06. The van der Waals surface area contributed by atoms with Gasteiger partial charge < -0.3 is 5.32 Å². The van der Waals surface area contributed by atoms with Crippen LogP contribution in [-0.4, -0.2) is 20.9 Å². The molecule has 5 rings (SSSR count). The number of hydrogen-bond donors (Lipinski definition) is 1. The van der Waals surface area contributed by atoms with Gasteiger partial charge in [0.1, 0.15) is 11.0 Å².